The van der Waals surface area contributed by atoms with E-state index in [1.807, 2.05) is 17.9 Å². The van der Waals surface area contributed by atoms with Gasteiger partial charge < -0.3 is 14.7 Å². The fraction of sp³-hybridized carbons (Fsp3) is 0.562. The van der Waals surface area contributed by atoms with Gasteiger partial charge in [-0.1, -0.05) is 24.5 Å². The molecule has 1 heterocycles. The number of carbonyl (C=O) groups is 1. The van der Waals surface area contributed by atoms with Crippen molar-refractivity contribution in [3.63, 3.8) is 0 Å². The first-order chi connectivity index (χ1) is 9.66. The number of phenolic OH excluding ortho intramolecular Hbond substituents is 1. The first-order valence-corrected chi connectivity index (χ1v) is 7.39. The van der Waals surface area contributed by atoms with E-state index in [0.717, 1.165) is 24.8 Å². The molecule has 2 fully saturated rings. The van der Waals surface area contributed by atoms with E-state index >= 15 is 0 Å². The number of rotatable bonds is 1. The molecule has 1 aromatic rings. The van der Waals surface area contributed by atoms with Crippen molar-refractivity contribution in [3.05, 3.63) is 29.3 Å². The molecule has 1 saturated heterocycles. The maximum atomic E-state index is 12.7. The molecule has 0 bridgehead atoms. The largest absolute Gasteiger partial charge is 0.507 e. The minimum atomic E-state index is -0.0635. The van der Waals surface area contributed by atoms with E-state index in [2.05, 4.69) is 0 Å². The third-order valence-corrected chi connectivity index (χ3v) is 4.38. The summed E-state index contributed by atoms with van der Waals surface area (Å²) in [5.41, 5.74) is 1.40. The Bertz CT molecular complexity index is 512. The lowest BCUT2D eigenvalue weighted by Gasteiger charge is -2.43. The Kier molecular flexibility index (Phi) is 3.66. The summed E-state index contributed by atoms with van der Waals surface area (Å²) in [4.78, 5) is 14.6. The maximum Gasteiger partial charge on any atom is 0.258 e. The van der Waals surface area contributed by atoms with Crippen molar-refractivity contribution in [1.29, 1.82) is 0 Å². The molecule has 0 spiro atoms. The smallest absolute Gasteiger partial charge is 0.258 e. The number of fused-ring (bicyclic) bond motifs is 1. The predicted molar refractivity (Wildman–Crippen MR) is 75.9 cm³/mol. The van der Waals surface area contributed by atoms with Crippen LogP contribution in [0.2, 0.25) is 0 Å². The second kappa shape index (κ2) is 5.44. The van der Waals surface area contributed by atoms with Gasteiger partial charge in [0.2, 0.25) is 0 Å². The molecule has 0 radical (unpaired) electrons. The number of morpholine rings is 1. The molecule has 4 heteroatoms. The van der Waals surface area contributed by atoms with Crippen LogP contribution in [0.15, 0.2) is 18.2 Å². The Morgan fingerprint density at radius 3 is 3.00 bits per heavy atom. The number of benzene rings is 1. The van der Waals surface area contributed by atoms with Gasteiger partial charge in [-0.15, -0.1) is 0 Å². The van der Waals surface area contributed by atoms with Crippen molar-refractivity contribution >= 4 is 5.91 Å². The minimum Gasteiger partial charge on any atom is -0.507 e. The lowest BCUT2D eigenvalue weighted by atomic mass is 9.89. The molecule has 108 valence electrons. The summed E-state index contributed by atoms with van der Waals surface area (Å²) in [5.74, 6) is 0.00542. The van der Waals surface area contributed by atoms with Gasteiger partial charge >= 0.3 is 0 Å². The average Bonchev–Trinajstić information content (AvgIpc) is 2.48. The van der Waals surface area contributed by atoms with Gasteiger partial charge in [0.1, 0.15) is 5.75 Å². The molecule has 2 unspecified atom stereocenters. The summed E-state index contributed by atoms with van der Waals surface area (Å²) in [6.45, 7) is 3.14. The maximum absolute atomic E-state index is 12.7. The van der Waals surface area contributed by atoms with Gasteiger partial charge in [0.15, 0.2) is 0 Å². The molecule has 2 aliphatic rings. The molecule has 1 saturated carbocycles. The Morgan fingerprint density at radius 1 is 1.35 bits per heavy atom. The highest BCUT2D eigenvalue weighted by atomic mass is 16.5. The number of nitrogens with zero attached hydrogens (tertiary/aromatic N) is 1. The normalized spacial score (nSPS) is 26.1. The number of hydrogen-bond acceptors (Lipinski definition) is 3. The van der Waals surface area contributed by atoms with Crippen LogP contribution in [-0.4, -0.2) is 41.2 Å². The highest BCUT2D eigenvalue weighted by molar-refractivity contribution is 5.97. The topological polar surface area (TPSA) is 49.8 Å². The van der Waals surface area contributed by atoms with Crippen LogP contribution in [0.4, 0.5) is 0 Å². The molecule has 20 heavy (non-hydrogen) atoms. The van der Waals surface area contributed by atoms with Gasteiger partial charge in [-0.3, -0.25) is 4.79 Å². The van der Waals surface area contributed by atoms with Crippen LogP contribution in [0.1, 0.15) is 41.6 Å². The average molecular weight is 275 g/mol. The van der Waals surface area contributed by atoms with Crippen molar-refractivity contribution in [2.75, 3.05) is 13.2 Å². The summed E-state index contributed by atoms with van der Waals surface area (Å²) < 4.78 is 5.80. The van der Waals surface area contributed by atoms with Gasteiger partial charge in [-0.05, 0) is 31.9 Å². The van der Waals surface area contributed by atoms with E-state index in [1.54, 1.807) is 12.1 Å². The predicted octanol–water partition coefficient (Wildman–Crippen LogP) is 2.48. The van der Waals surface area contributed by atoms with Crippen molar-refractivity contribution in [2.24, 2.45) is 0 Å². The third kappa shape index (κ3) is 2.40. The van der Waals surface area contributed by atoms with Crippen LogP contribution in [0.3, 0.4) is 0 Å². The Labute approximate surface area is 119 Å². The molecule has 0 aromatic heterocycles. The van der Waals surface area contributed by atoms with E-state index < -0.39 is 0 Å². The quantitative estimate of drug-likeness (QED) is 0.856. The molecule has 1 aliphatic carbocycles. The van der Waals surface area contributed by atoms with Crippen LogP contribution in [-0.2, 0) is 4.74 Å². The van der Waals surface area contributed by atoms with Crippen molar-refractivity contribution in [2.45, 2.75) is 44.8 Å². The van der Waals surface area contributed by atoms with Gasteiger partial charge in [0.05, 0.1) is 24.3 Å². The van der Waals surface area contributed by atoms with Crippen LogP contribution in [0.25, 0.3) is 0 Å². The number of aryl methyl sites for hydroxylation is 1. The van der Waals surface area contributed by atoms with Gasteiger partial charge in [0.25, 0.3) is 5.91 Å². The second-order valence-corrected chi connectivity index (χ2v) is 5.78. The van der Waals surface area contributed by atoms with E-state index in [0.29, 0.717) is 18.7 Å². The lowest BCUT2D eigenvalue weighted by molar-refractivity contribution is -0.0753. The number of aromatic hydroxyl groups is 1. The van der Waals surface area contributed by atoms with Crippen LogP contribution in [0.5, 0.6) is 5.75 Å². The van der Waals surface area contributed by atoms with E-state index in [4.69, 9.17) is 4.74 Å². The molecule has 3 rings (SSSR count). The Hall–Kier alpha value is -1.55. The zero-order valence-electron chi connectivity index (χ0n) is 11.8. The summed E-state index contributed by atoms with van der Waals surface area (Å²) in [7, 11) is 0. The monoisotopic (exact) mass is 275 g/mol. The molecule has 1 amide bonds. The van der Waals surface area contributed by atoms with Crippen molar-refractivity contribution in [3.8, 4) is 5.75 Å². The SMILES string of the molecule is Cc1ccc(O)c(C(=O)N2CCOC3CCCCC32)c1. The van der Waals surface area contributed by atoms with E-state index in [9.17, 15) is 9.90 Å². The first-order valence-electron chi connectivity index (χ1n) is 7.39. The number of carbonyl (C=O) groups excluding carboxylic acids is 1. The van der Waals surface area contributed by atoms with Gasteiger partial charge in [0, 0.05) is 6.54 Å². The molecule has 4 nitrogen and oxygen atoms in total. The summed E-state index contributed by atoms with van der Waals surface area (Å²) in [6.07, 6.45) is 4.54. The summed E-state index contributed by atoms with van der Waals surface area (Å²) in [6, 6.07) is 5.35. The van der Waals surface area contributed by atoms with Gasteiger partial charge in [-0.25, -0.2) is 0 Å². The number of amides is 1. The fourth-order valence-electron chi connectivity index (χ4n) is 3.32. The lowest BCUT2D eigenvalue weighted by Crippen LogP contribution is -2.54. The second-order valence-electron chi connectivity index (χ2n) is 5.78. The summed E-state index contributed by atoms with van der Waals surface area (Å²) >= 11 is 0. The molecular formula is C16H21NO3. The number of phenols is 1. The highest BCUT2D eigenvalue weighted by Gasteiger charge is 2.37. The van der Waals surface area contributed by atoms with E-state index in [1.165, 1.54) is 6.42 Å². The molecule has 1 aliphatic heterocycles. The Morgan fingerprint density at radius 2 is 2.15 bits per heavy atom. The van der Waals surface area contributed by atoms with Crippen molar-refractivity contribution in [1.82, 2.24) is 4.90 Å². The van der Waals surface area contributed by atoms with Gasteiger partial charge in [-0.2, -0.15) is 0 Å². The number of ether oxygens (including phenoxy) is 1. The first kappa shape index (κ1) is 13.4. The van der Waals surface area contributed by atoms with Crippen LogP contribution < -0.4 is 0 Å². The van der Waals surface area contributed by atoms with Crippen LogP contribution in [0, 0.1) is 6.92 Å². The zero-order valence-corrected chi connectivity index (χ0v) is 11.8. The number of hydrogen-bond donors (Lipinski definition) is 1. The standard InChI is InChI=1S/C16H21NO3/c1-11-6-7-14(18)12(10-11)16(19)17-8-9-20-15-5-3-2-4-13(15)17/h6-7,10,13,15,18H,2-5,8-9H2,1H3. The molecule has 1 N–H and O–H groups in total. The molecule has 1 aromatic carbocycles. The van der Waals surface area contributed by atoms with E-state index in [-0.39, 0.29) is 23.8 Å². The molecule has 2 atom stereocenters. The highest BCUT2D eigenvalue weighted by Crippen LogP contribution is 2.31. The van der Waals surface area contributed by atoms with Crippen molar-refractivity contribution < 1.29 is 14.6 Å². The third-order valence-electron chi connectivity index (χ3n) is 4.38. The van der Waals surface area contributed by atoms with Crippen LogP contribution >= 0.6 is 0 Å². The fourth-order valence-corrected chi connectivity index (χ4v) is 3.32. The zero-order chi connectivity index (χ0) is 14.1. The summed E-state index contributed by atoms with van der Waals surface area (Å²) in [5, 5.41) is 9.95. The Balaban J connectivity index is 1.87. The minimum absolute atomic E-state index is 0.0635. The molecular weight excluding hydrogens is 254 g/mol.